The molecule has 52 valence electrons. The van der Waals surface area contributed by atoms with Gasteiger partial charge in [-0.3, -0.25) is 9.63 Å². The third kappa shape index (κ3) is 5.03. The van der Waals surface area contributed by atoms with Crippen LogP contribution in [0.25, 0.3) is 0 Å². The molecule has 0 radical (unpaired) electrons. The Morgan fingerprint density at radius 2 is 2.44 bits per heavy atom. The van der Waals surface area contributed by atoms with E-state index in [1.54, 1.807) is 13.0 Å². The zero-order valence-corrected chi connectivity index (χ0v) is 5.68. The topological polar surface area (TPSA) is 38.3 Å². The highest BCUT2D eigenvalue weighted by Crippen LogP contribution is 1.85. The molecule has 0 aromatic heterocycles. The predicted octanol–water partition coefficient (Wildman–Crippen LogP) is 0.629. The molecule has 3 heteroatoms. The van der Waals surface area contributed by atoms with Gasteiger partial charge in [-0.15, -0.1) is 6.58 Å². The number of carbonyl (C=O) groups excluding carboxylic acids is 1. The van der Waals surface area contributed by atoms with Crippen LogP contribution in [0.2, 0.25) is 0 Å². The van der Waals surface area contributed by atoms with Crippen LogP contribution in [-0.4, -0.2) is 12.0 Å². The summed E-state index contributed by atoms with van der Waals surface area (Å²) in [6, 6.07) is 0. The number of hydrogen-bond donors (Lipinski definition) is 1. The largest absolute Gasteiger partial charge is 0.273 e. The summed E-state index contributed by atoms with van der Waals surface area (Å²) in [7, 11) is 0. The smallest absolute Gasteiger partial charge is 0.240 e. The lowest BCUT2D eigenvalue weighted by Crippen LogP contribution is -2.24. The number of amides is 1. The van der Waals surface area contributed by atoms with Gasteiger partial charge in [-0.05, 0) is 6.92 Å². The number of nitrogens with one attached hydrogen (secondary N) is 1. The monoisotopic (exact) mass is 129 g/mol. The predicted molar refractivity (Wildman–Crippen MR) is 34.6 cm³/mol. The minimum absolute atomic E-state index is 0.131. The quantitative estimate of drug-likeness (QED) is 0.448. The molecule has 0 saturated carbocycles. The lowest BCUT2D eigenvalue weighted by molar-refractivity contribution is -0.133. The standard InChI is InChI=1S/C6H11NO2/c1-4-5(2)9-7-6(3)8/h4-5H,1H2,2-3H3,(H,7,8). The van der Waals surface area contributed by atoms with Gasteiger partial charge in [0.15, 0.2) is 0 Å². The van der Waals surface area contributed by atoms with Crippen molar-refractivity contribution < 1.29 is 9.63 Å². The van der Waals surface area contributed by atoms with E-state index in [0.29, 0.717) is 0 Å². The fourth-order valence-corrected chi connectivity index (χ4v) is 0.224. The Morgan fingerprint density at radius 1 is 1.89 bits per heavy atom. The minimum Gasteiger partial charge on any atom is -0.273 e. The van der Waals surface area contributed by atoms with Crippen LogP contribution >= 0.6 is 0 Å². The van der Waals surface area contributed by atoms with E-state index in [1.807, 2.05) is 0 Å². The maximum Gasteiger partial charge on any atom is 0.240 e. The molecule has 0 spiro atoms. The van der Waals surface area contributed by atoms with Crippen LogP contribution in [0.5, 0.6) is 0 Å². The van der Waals surface area contributed by atoms with E-state index in [-0.39, 0.29) is 12.0 Å². The van der Waals surface area contributed by atoms with Crippen molar-refractivity contribution in [3.8, 4) is 0 Å². The van der Waals surface area contributed by atoms with E-state index in [4.69, 9.17) is 4.84 Å². The molecule has 0 bridgehead atoms. The van der Waals surface area contributed by atoms with Gasteiger partial charge in [-0.1, -0.05) is 6.08 Å². The van der Waals surface area contributed by atoms with Crippen LogP contribution in [0.1, 0.15) is 13.8 Å². The fourth-order valence-electron chi connectivity index (χ4n) is 0.224. The summed E-state index contributed by atoms with van der Waals surface area (Å²) in [5.74, 6) is -0.205. The molecule has 0 aliphatic heterocycles. The Bertz CT molecular complexity index is 112. The second-order valence-corrected chi connectivity index (χ2v) is 1.72. The highest BCUT2D eigenvalue weighted by atomic mass is 16.7. The Labute approximate surface area is 54.7 Å². The van der Waals surface area contributed by atoms with E-state index in [9.17, 15) is 4.79 Å². The van der Waals surface area contributed by atoms with Crippen LogP contribution in [0.3, 0.4) is 0 Å². The second-order valence-electron chi connectivity index (χ2n) is 1.72. The van der Waals surface area contributed by atoms with E-state index < -0.39 is 0 Å². The molecule has 0 heterocycles. The van der Waals surface area contributed by atoms with E-state index in [0.717, 1.165) is 0 Å². The summed E-state index contributed by atoms with van der Waals surface area (Å²) >= 11 is 0. The van der Waals surface area contributed by atoms with Crippen LogP contribution in [0.15, 0.2) is 12.7 Å². The van der Waals surface area contributed by atoms with Crippen molar-refractivity contribution in [1.29, 1.82) is 0 Å². The zero-order chi connectivity index (χ0) is 7.28. The van der Waals surface area contributed by atoms with Crippen molar-refractivity contribution >= 4 is 5.91 Å². The molecule has 1 amide bonds. The van der Waals surface area contributed by atoms with Crippen molar-refractivity contribution in [3.63, 3.8) is 0 Å². The van der Waals surface area contributed by atoms with Crippen molar-refractivity contribution in [3.05, 3.63) is 12.7 Å². The van der Waals surface area contributed by atoms with Crippen LogP contribution in [0, 0.1) is 0 Å². The van der Waals surface area contributed by atoms with E-state index in [2.05, 4.69) is 12.1 Å². The number of rotatable bonds is 3. The molecule has 0 aromatic carbocycles. The normalized spacial score (nSPS) is 12.2. The third-order valence-electron chi connectivity index (χ3n) is 0.720. The lowest BCUT2D eigenvalue weighted by Gasteiger charge is -2.05. The van der Waals surface area contributed by atoms with Gasteiger partial charge in [0.25, 0.3) is 0 Å². The Balaban J connectivity index is 3.26. The number of carbonyl (C=O) groups is 1. The molecule has 1 N–H and O–H groups in total. The average molecular weight is 129 g/mol. The zero-order valence-electron chi connectivity index (χ0n) is 5.68. The summed E-state index contributed by atoms with van der Waals surface area (Å²) in [6.45, 7) is 6.63. The van der Waals surface area contributed by atoms with E-state index in [1.165, 1.54) is 6.92 Å². The molecule has 3 nitrogen and oxygen atoms in total. The minimum atomic E-state index is -0.205. The highest BCUT2D eigenvalue weighted by Gasteiger charge is 1.94. The van der Waals surface area contributed by atoms with Gasteiger partial charge < -0.3 is 0 Å². The molecule has 0 aromatic rings. The van der Waals surface area contributed by atoms with Gasteiger partial charge in [-0.2, -0.15) is 0 Å². The fraction of sp³-hybridized carbons (Fsp3) is 0.500. The Kier molecular flexibility index (Phi) is 3.71. The Morgan fingerprint density at radius 3 is 2.78 bits per heavy atom. The number of hydroxylamine groups is 1. The molecule has 0 aliphatic rings. The van der Waals surface area contributed by atoms with Crippen molar-refractivity contribution in [2.45, 2.75) is 20.0 Å². The lowest BCUT2D eigenvalue weighted by atomic mass is 10.4. The third-order valence-corrected chi connectivity index (χ3v) is 0.720. The first-order valence-electron chi connectivity index (χ1n) is 2.71. The van der Waals surface area contributed by atoms with Crippen molar-refractivity contribution in [2.75, 3.05) is 0 Å². The van der Waals surface area contributed by atoms with Crippen molar-refractivity contribution in [1.82, 2.24) is 5.48 Å². The molecule has 0 rings (SSSR count). The molecule has 9 heavy (non-hydrogen) atoms. The van der Waals surface area contributed by atoms with Gasteiger partial charge in [0.2, 0.25) is 5.91 Å². The molecular weight excluding hydrogens is 118 g/mol. The first-order valence-corrected chi connectivity index (χ1v) is 2.71. The molecular formula is C6H11NO2. The molecule has 1 atom stereocenters. The number of hydrogen-bond acceptors (Lipinski definition) is 2. The van der Waals surface area contributed by atoms with Gasteiger partial charge in [0.1, 0.15) is 6.10 Å². The van der Waals surface area contributed by atoms with Crippen LogP contribution in [0.4, 0.5) is 0 Å². The van der Waals surface area contributed by atoms with Gasteiger partial charge in [-0.25, -0.2) is 5.48 Å². The summed E-state index contributed by atoms with van der Waals surface area (Å²) in [5.41, 5.74) is 2.19. The highest BCUT2D eigenvalue weighted by molar-refractivity contribution is 5.71. The maximum atomic E-state index is 10.2. The van der Waals surface area contributed by atoms with Crippen molar-refractivity contribution in [2.24, 2.45) is 0 Å². The summed E-state index contributed by atoms with van der Waals surface area (Å²) in [4.78, 5) is 14.9. The van der Waals surface area contributed by atoms with E-state index >= 15 is 0 Å². The van der Waals surface area contributed by atoms with Crippen LogP contribution < -0.4 is 5.48 Å². The molecule has 0 fully saturated rings. The summed E-state index contributed by atoms with van der Waals surface area (Å²) in [6.07, 6.45) is 1.46. The SMILES string of the molecule is C=CC(C)ONC(C)=O. The van der Waals surface area contributed by atoms with Crippen LogP contribution in [-0.2, 0) is 9.63 Å². The molecule has 0 saturated heterocycles. The maximum absolute atomic E-state index is 10.2. The average Bonchev–Trinajstić information content (AvgIpc) is 1.83. The first kappa shape index (κ1) is 8.17. The molecule has 0 aliphatic carbocycles. The van der Waals surface area contributed by atoms with Gasteiger partial charge in [0, 0.05) is 6.92 Å². The van der Waals surface area contributed by atoms with Gasteiger partial charge in [0.05, 0.1) is 0 Å². The molecule has 1 unspecified atom stereocenters. The summed E-state index contributed by atoms with van der Waals surface area (Å²) in [5, 5.41) is 0. The summed E-state index contributed by atoms with van der Waals surface area (Å²) < 4.78 is 0. The second kappa shape index (κ2) is 4.09. The first-order chi connectivity index (χ1) is 4.16. The van der Waals surface area contributed by atoms with Gasteiger partial charge >= 0.3 is 0 Å². The Hall–Kier alpha value is -0.830.